The Morgan fingerprint density at radius 3 is 2.27 bits per heavy atom. The lowest BCUT2D eigenvalue weighted by atomic mass is 9.87. The summed E-state index contributed by atoms with van der Waals surface area (Å²) in [5.74, 6) is 0.561. The van der Waals surface area contributed by atoms with Gasteiger partial charge in [0.15, 0.2) is 0 Å². The Kier molecular flexibility index (Phi) is 6.95. The third-order valence-corrected chi connectivity index (χ3v) is 5.94. The van der Waals surface area contributed by atoms with Gasteiger partial charge in [0.25, 0.3) is 5.91 Å². The van der Waals surface area contributed by atoms with Gasteiger partial charge in [-0.1, -0.05) is 56.6 Å². The van der Waals surface area contributed by atoms with Crippen LogP contribution in [-0.2, 0) is 12.0 Å². The Labute approximate surface area is 186 Å². The smallest absolute Gasteiger partial charge is 0.271 e. The average Bonchev–Trinajstić information content (AvgIpc) is 3.16. The van der Waals surface area contributed by atoms with Crippen LogP contribution in [0, 0.1) is 0 Å². The summed E-state index contributed by atoms with van der Waals surface area (Å²) in [5.41, 5.74) is 6.20. The van der Waals surface area contributed by atoms with Crippen LogP contribution in [0.25, 0.3) is 0 Å². The molecule has 1 heterocycles. The molecule has 0 aliphatic heterocycles. The summed E-state index contributed by atoms with van der Waals surface area (Å²) >= 11 is 7.35. The number of thiophene rings is 1. The summed E-state index contributed by atoms with van der Waals surface area (Å²) in [4.78, 5) is 13.2. The number of nitrogens with one attached hydrogen (secondary N) is 1. The fourth-order valence-electron chi connectivity index (χ4n) is 2.73. The van der Waals surface area contributed by atoms with Crippen LogP contribution in [0.4, 0.5) is 0 Å². The molecule has 0 bridgehead atoms. The molecule has 0 fully saturated rings. The molecule has 1 aromatic heterocycles. The third kappa shape index (κ3) is 5.94. The molecule has 0 unspecified atom stereocenters. The molecular weight excluding hydrogens is 416 g/mol. The lowest BCUT2D eigenvalue weighted by Gasteiger charge is -2.19. The highest BCUT2D eigenvalue weighted by Crippen LogP contribution is 2.25. The quantitative estimate of drug-likeness (QED) is 0.354. The van der Waals surface area contributed by atoms with Crippen LogP contribution in [0.5, 0.6) is 5.75 Å². The van der Waals surface area contributed by atoms with Gasteiger partial charge in [0.1, 0.15) is 12.4 Å². The Balaban J connectivity index is 1.54. The first-order valence-electron chi connectivity index (χ1n) is 9.65. The summed E-state index contributed by atoms with van der Waals surface area (Å²) in [5, 5.41) is 4.15. The molecule has 4 nitrogen and oxygen atoms in total. The lowest BCUT2D eigenvalue weighted by molar-refractivity contribution is 0.0955. The van der Waals surface area contributed by atoms with Gasteiger partial charge in [-0.05, 0) is 59.9 Å². The highest BCUT2D eigenvalue weighted by Gasteiger charge is 2.13. The standard InChI is InChI=1S/C24H25ClN2O2S/c1-16(21-13-14-22(25)30-21)26-27-23(28)18-7-5-17(6-8-18)15-29-20-11-9-19(10-12-20)24(2,3)4/h5-14H,15H2,1-4H3,(H,27,28)/b26-16-. The van der Waals surface area contributed by atoms with Crippen molar-refractivity contribution in [1.82, 2.24) is 5.43 Å². The van der Waals surface area contributed by atoms with Gasteiger partial charge in [-0.25, -0.2) is 5.43 Å². The van der Waals surface area contributed by atoms with Crippen molar-refractivity contribution in [1.29, 1.82) is 0 Å². The summed E-state index contributed by atoms with van der Waals surface area (Å²) in [7, 11) is 0. The molecule has 0 aliphatic rings. The van der Waals surface area contributed by atoms with Crippen molar-refractivity contribution in [3.8, 4) is 5.75 Å². The van der Waals surface area contributed by atoms with E-state index in [2.05, 4.69) is 43.4 Å². The number of rotatable bonds is 6. The molecule has 2 aromatic carbocycles. The molecule has 0 spiro atoms. The van der Waals surface area contributed by atoms with E-state index in [1.807, 2.05) is 43.3 Å². The topological polar surface area (TPSA) is 50.7 Å². The number of carbonyl (C=O) groups excluding carboxylic acids is 1. The molecular formula is C24H25ClN2O2S. The number of benzene rings is 2. The fourth-order valence-corrected chi connectivity index (χ4v) is 3.72. The number of hydrogen-bond donors (Lipinski definition) is 1. The second-order valence-electron chi connectivity index (χ2n) is 8.00. The van der Waals surface area contributed by atoms with Crippen LogP contribution in [-0.4, -0.2) is 11.6 Å². The number of hydrazone groups is 1. The normalized spacial score (nSPS) is 12.0. The molecule has 0 aliphatic carbocycles. The van der Waals surface area contributed by atoms with Gasteiger partial charge in [0, 0.05) is 5.56 Å². The van der Waals surface area contributed by atoms with E-state index in [-0.39, 0.29) is 11.3 Å². The molecule has 30 heavy (non-hydrogen) atoms. The van der Waals surface area contributed by atoms with E-state index in [4.69, 9.17) is 16.3 Å². The minimum absolute atomic E-state index is 0.119. The SMILES string of the molecule is C/C(=N/NC(=O)c1ccc(COc2ccc(C(C)(C)C)cc2)cc1)c1ccc(Cl)s1. The van der Waals surface area contributed by atoms with Gasteiger partial charge in [0.2, 0.25) is 0 Å². The third-order valence-electron chi connectivity index (χ3n) is 4.60. The zero-order valence-electron chi connectivity index (χ0n) is 17.5. The number of hydrogen-bond acceptors (Lipinski definition) is 4. The molecule has 156 valence electrons. The van der Waals surface area contributed by atoms with Crippen LogP contribution < -0.4 is 10.2 Å². The van der Waals surface area contributed by atoms with Gasteiger partial charge < -0.3 is 4.74 Å². The first kappa shape index (κ1) is 22.1. The minimum Gasteiger partial charge on any atom is -0.489 e. The van der Waals surface area contributed by atoms with E-state index in [1.165, 1.54) is 16.9 Å². The van der Waals surface area contributed by atoms with E-state index in [0.29, 0.717) is 22.2 Å². The molecule has 0 saturated carbocycles. The van der Waals surface area contributed by atoms with E-state index in [9.17, 15) is 4.79 Å². The molecule has 3 rings (SSSR count). The van der Waals surface area contributed by atoms with Crippen molar-refractivity contribution >= 4 is 34.6 Å². The number of amides is 1. The Morgan fingerprint density at radius 2 is 1.70 bits per heavy atom. The van der Waals surface area contributed by atoms with Crippen molar-refractivity contribution in [3.05, 3.63) is 86.6 Å². The summed E-state index contributed by atoms with van der Waals surface area (Å²) in [6.07, 6.45) is 0. The predicted octanol–water partition coefficient (Wildman–Crippen LogP) is 6.43. The van der Waals surface area contributed by atoms with Gasteiger partial charge in [0.05, 0.1) is 14.9 Å². The summed E-state index contributed by atoms with van der Waals surface area (Å²) in [6, 6.07) is 19.2. The highest BCUT2D eigenvalue weighted by atomic mass is 35.5. The zero-order valence-corrected chi connectivity index (χ0v) is 19.1. The van der Waals surface area contributed by atoms with Gasteiger partial charge in [-0.2, -0.15) is 5.10 Å². The van der Waals surface area contributed by atoms with Crippen molar-refractivity contribution in [2.24, 2.45) is 5.10 Å². The first-order valence-corrected chi connectivity index (χ1v) is 10.8. The van der Waals surface area contributed by atoms with Crippen LogP contribution in [0.3, 0.4) is 0 Å². The number of ether oxygens (including phenoxy) is 1. The van der Waals surface area contributed by atoms with Crippen LogP contribution in [0.2, 0.25) is 4.34 Å². The molecule has 3 aromatic rings. The number of nitrogens with zero attached hydrogens (tertiary/aromatic N) is 1. The van der Waals surface area contributed by atoms with Gasteiger partial charge in [-0.15, -0.1) is 11.3 Å². The Morgan fingerprint density at radius 1 is 1.03 bits per heavy atom. The van der Waals surface area contributed by atoms with E-state index < -0.39 is 0 Å². The Hall–Kier alpha value is -2.63. The van der Waals surface area contributed by atoms with Crippen molar-refractivity contribution in [3.63, 3.8) is 0 Å². The van der Waals surface area contributed by atoms with Crippen molar-refractivity contribution < 1.29 is 9.53 Å². The van der Waals surface area contributed by atoms with Gasteiger partial charge in [-0.3, -0.25) is 4.79 Å². The van der Waals surface area contributed by atoms with E-state index >= 15 is 0 Å². The van der Waals surface area contributed by atoms with Crippen LogP contribution in [0.1, 0.15) is 54.1 Å². The molecule has 0 atom stereocenters. The maximum atomic E-state index is 12.3. The summed E-state index contributed by atoms with van der Waals surface area (Å²) < 4.78 is 6.55. The zero-order chi connectivity index (χ0) is 21.7. The monoisotopic (exact) mass is 440 g/mol. The minimum atomic E-state index is -0.262. The number of halogens is 1. The Bertz CT molecular complexity index is 1030. The van der Waals surface area contributed by atoms with E-state index in [1.54, 1.807) is 12.1 Å². The maximum absolute atomic E-state index is 12.3. The highest BCUT2D eigenvalue weighted by molar-refractivity contribution is 7.18. The van der Waals surface area contributed by atoms with Gasteiger partial charge >= 0.3 is 0 Å². The molecule has 0 saturated heterocycles. The molecule has 1 N–H and O–H groups in total. The molecule has 0 radical (unpaired) electrons. The van der Waals surface area contributed by atoms with E-state index in [0.717, 1.165) is 16.2 Å². The van der Waals surface area contributed by atoms with Crippen LogP contribution in [0.15, 0.2) is 65.8 Å². The fraction of sp³-hybridized carbons (Fsp3) is 0.250. The number of carbonyl (C=O) groups is 1. The van der Waals surface area contributed by atoms with Crippen molar-refractivity contribution in [2.45, 2.75) is 39.7 Å². The molecule has 6 heteroatoms. The first-order chi connectivity index (χ1) is 14.2. The maximum Gasteiger partial charge on any atom is 0.271 e. The molecule has 1 amide bonds. The predicted molar refractivity (Wildman–Crippen MR) is 125 cm³/mol. The second kappa shape index (κ2) is 9.45. The summed E-state index contributed by atoms with van der Waals surface area (Å²) in [6.45, 7) is 8.82. The lowest BCUT2D eigenvalue weighted by Crippen LogP contribution is -2.19. The second-order valence-corrected chi connectivity index (χ2v) is 9.72. The average molecular weight is 441 g/mol. The largest absolute Gasteiger partial charge is 0.489 e. The van der Waals surface area contributed by atoms with Crippen molar-refractivity contribution in [2.75, 3.05) is 0 Å². The van der Waals surface area contributed by atoms with Crippen LogP contribution >= 0.6 is 22.9 Å².